The average Bonchev–Trinajstić information content (AvgIpc) is 3.09. The summed E-state index contributed by atoms with van der Waals surface area (Å²) >= 11 is 11.9. The minimum Gasteiger partial charge on any atom is -0.350 e. The van der Waals surface area contributed by atoms with Gasteiger partial charge < -0.3 is 11.1 Å². The van der Waals surface area contributed by atoms with Gasteiger partial charge in [-0.3, -0.25) is 4.79 Å². The zero-order valence-corrected chi connectivity index (χ0v) is 12.0. The molecule has 2 rings (SSSR count). The smallest absolute Gasteiger partial charge is 0.254 e. The molecule has 3 nitrogen and oxygen atoms in total. The van der Waals surface area contributed by atoms with Crippen LogP contribution in [-0.4, -0.2) is 18.5 Å². The van der Waals surface area contributed by atoms with Crippen LogP contribution >= 0.6 is 35.6 Å². The molecule has 0 bridgehead atoms. The topological polar surface area (TPSA) is 55.1 Å². The first-order valence-corrected chi connectivity index (χ1v) is 6.33. The third kappa shape index (κ3) is 3.75. The molecule has 6 heteroatoms. The molecule has 0 saturated heterocycles. The van der Waals surface area contributed by atoms with Crippen molar-refractivity contribution in [3.05, 3.63) is 33.8 Å². The Morgan fingerprint density at radius 1 is 1.39 bits per heavy atom. The molecule has 100 valence electrons. The van der Waals surface area contributed by atoms with Crippen LogP contribution in [0.25, 0.3) is 0 Å². The van der Waals surface area contributed by atoms with Crippen LogP contribution < -0.4 is 11.1 Å². The van der Waals surface area contributed by atoms with E-state index in [-0.39, 0.29) is 24.4 Å². The number of carbonyl (C=O) groups excluding carboxylic acids is 1. The van der Waals surface area contributed by atoms with Crippen molar-refractivity contribution >= 4 is 41.5 Å². The highest BCUT2D eigenvalue weighted by Gasteiger charge is 2.28. The van der Waals surface area contributed by atoms with Gasteiger partial charge >= 0.3 is 0 Å². The molecule has 1 aromatic rings. The summed E-state index contributed by atoms with van der Waals surface area (Å²) in [4.78, 5) is 11.9. The molecule has 1 aliphatic carbocycles. The number of nitrogens with two attached hydrogens (primary N) is 1. The summed E-state index contributed by atoms with van der Waals surface area (Å²) in [6, 6.07) is 5.02. The molecular weight excluding hydrogens is 295 g/mol. The van der Waals surface area contributed by atoms with E-state index in [0.29, 0.717) is 28.1 Å². The molecule has 0 radical (unpaired) electrons. The predicted octanol–water partition coefficient (Wildman–Crippen LogP) is 2.88. The summed E-state index contributed by atoms with van der Waals surface area (Å²) in [6.45, 7) is 0.463. The monoisotopic (exact) mass is 308 g/mol. The Morgan fingerprint density at radius 3 is 2.44 bits per heavy atom. The van der Waals surface area contributed by atoms with E-state index in [1.165, 1.54) is 0 Å². The molecule has 0 heterocycles. The van der Waals surface area contributed by atoms with E-state index in [1.54, 1.807) is 18.2 Å². The van der Waals surface area contributed by atoms with Crippen molar-refractivity contribution in [2.45, 2.75) is 18.9 Å². The molecule has 0 spiro atoms. The molecular formula is C12H15Cl3N2O. The lowest BCUT2D eigenvalue weighted by atomic mass is 10.1. The van der Waals surface area contributed by atoms with E-state index in [0.717, 1.165) is 12.8 Å². The van der Waals surface area contributed by atoms with E-state index in [2.05, 4.69) is 5.32 Å². The summed E-state index contributed by atoms with van der Waals surface area (Å²) in [5.41, 5.74) is 6.22. The van der Waals surface area contributed by atoms with E-state index in [4.69, 9.17) is 28.9 Å². The lowest BCUT2D eigenvalue weighted by Crippen LogP contribution is -2.38. The first-order chi connectivity index (χ1) is 8.09. The standard InChI is InChI=1S/C12H14Cl2N2O.ClH/c13-8-2-1-3-9(14)11(8)12(17)16-6-10(15)7-4-5-7;/h1-3,7,10H,4-6,15H2,(H,16,17);1H. The van der Waals surface area contributed by atoms with Gasteiger partial charge in [0.25, 0.3) is 5.91 Å². The largest absolute Gasteiger partial charge is 0.350 e. The summed E-state index contributed by atoms with van der Waals surface area (Å²) in [6.07, 6.45) is 2.31. The maximum Gasteiger partial charge on any atom is 0.254 e. The highest BCUT2D eigenvalue weighted by atomic mass is 35.5. The highest BCUT2D eigenvalue weighted by Crippen LogP contribution is 2.31. The number of nitrogens with one attached hydrogen (secondary N) is 1. The Morgan fingerprint density at radius 2 is 1.94 bits per heavy atom. The molecule has 1 aromatic carbocycles. The first-order valence-electron chi connectivity index (χ1n) is 5.57. The van der Waals surface area contributed by atoms with Gasteiger partial charge in [-0.25, -0.2) is 0 Å². The maximum absolute atomic E-state index is 11.9. The minimum absolute atomic E-state index is 0. The second-order valence-electron chi connectivity index (χ2n) is 4.31. The number of hydrogen-bond acceptors (Lipinski definition) is 2. The zero-order chi connectivity index (χ0) is 12.4. The molecule has 3 N–H and O–H groups in total. The second-order valence-corrected chi connectivity index (χ2v) is 5.12. The van der Waals surface area contributed by atoms with Gasteiger partial charge in [-0.05, 0) is 30.9 Å². The Kier molecular flexibility index (Phi) is 5.73. The summed E-state index contributed by atoms with van der Waals surface area (Å²) in [7, 11) is 0. The molecule has 18 heavy (non-hydrogen) atoms. The quantitative estimate of drug-likeness (QED) is 0.898. The summed E-state index contributed by atoms with van der Waals surface area (Å²) < 4.78 is 0. The first kappa shape index (κ1) is 15.6. The van der Waals surface area contributed by atoms with Crippen molar-refractivity contribution in [1.82, 2.24) is 5.32 Å². The predicted molar refractivity (Wildman–Crippen MR) is 76.7 cm³/mol. The van der Waals surface area contributed by atoms with Crippen molar-refractivity contribution in [1.29, 1.82) is 0 Å². The number of benzene rings is 1. The molecule has 1 saturated carbocycles. The van der Waals surface area contributed by atoms with Gasteiger partial charge in [-0.2, -0.15) is 0 Å². The van der Waals surface area contributed by atoms with Crippen LogP contribution in [0.4, 0.5) is 0 Å². The van der Waals surface area contributed by atoms with Crippen molar-refractivity contribution < 1.29 is 4.79 Å². The van der Waals surface area contributed by atoms with Crippen LogP contribution in [0.1, 0.15) is 23.2 Å². The van der Waals surface area contributed by atoms with Crippen molar-refractivity contribution in [2.75, 3.05) is 6.54 Å². The summed E-state index contributed by atoms with van der Waals surface area (Å²) in [5.74, 6) is 0.286. The fourth-order valence-electron chi connectivity index (χ4n) is 1.70. The highest BCUT2D eigenvalue weighted by molar-refractivity contribution is 6.39. The van der Waals surface area contributed by atoms with Gasteiger partial charge in [0.1, 0.15) is 0 Å². The minimum atomic E-state index is -0.267. The molecule has 1 atom stereocenters. The molecule has 1 aliphatic rings. The molecule has 1 amide bonds. The lowest BCUT2D eigenvalue weighted by Gasteiger charge is -2.12. The van der Waals surface area contributed by atoms with Crippen LogP contribution in [0.3, 0.4) is 0 Å². The Balaban J connectivity index is 0.00000162. The van der Waals surface area contributed by atoms with E-state index < -0.39 is 0 Å². The van der Waals surface area contributed by atoms with E-state index in [1.807, 2.05) is 0 Å². The number of carbonyl (C=O) groups is 1. The average molecular weight is 310 g/mol. The van der Waals surface area contributed by atoms with Crippen molar-refractivity contribution in [3.8, 4) is 0 Å². The van der Waals surface area contributed by atoms with Crippen LogP contribution in [0.5, 0.6) is 0 Å². The Bertz CT molecular complexity index is 415. The fraction of sp³-hybridized carbons (Fsp3) is 0.417. The SMILES string of the molecule is Cl.NC(CNC(=O)c1c(Cl)cccc1Cl)C1CC1. The van der Waals surface area contributed by atoms with Crippen LogP contribution in [0.2, 0.25) is 10.0 Å². The normalized spacial score (nSPS) is 15.7. The van der Waals surface area contributed by atoms with Crippen molar-refractivity contribution in [2.24, 2.45) is 11.7 Å². The van der Waals surface area contributed by atoms with Crippen molar-refractivity contribution in [3.63, 3.8) is 0 Å². The van der Waals surface area contributed by atoms with Crippen LogP contribution in [-0.2, 0) is 0 Å². The van der Waals surface area contributed by atoms with Crippen LogP contribution in [0, 0.1) is 5.92 Å². The third-order valence-electron chi connectivity index (χ3n) is 2.92. The molecule has 1 unspecified atom stereocenters. The zero-order valence-electron chi connectivity index (χ0n) is 9.66. The van der Waals surface area contributed by atoms with Gasteiger partial charge in [-0.15, -0.1) is 12.4 Å². The van der Waals surface area contributed by atoms with Crippen LogP contribution in [0.15, 0.2) is 18.2 Å². The Hall–Kier alpha value is -0.480. The third-order valence-corrected chi connectivity index (χ3v) is 3.55. The second kappa shape index (κ2) is 6.62. The number of amides is 1. The van der Waals surface area contributed by atoms with Gasteiger partial charge in [0.15, 0.2) is 0 Å². The van der Waals surface area contributed by atoms with Gasteiger partial charge in [0.2, 0.25) is 0 Å². The van der Waals surface area contributed by atoms with E-state index in [9.17, 15) is 4.79 Å². The number of halogens is 3. The fourth-order valence-corrected chi connectivity index (χ4v) is 2.27. The summed E-state index contributed by atoms with van der Waals surface area (Å²) in [5, 5.41) is 3.48. The van der Waals surface area contributed by atoms with Gasteiger partial charge in [0, 0.05) is 12.6 Å². The van der Waals surface area contributed by atoms with Gasteiger partial charge in [-0.1, -0.05) is 29.3 Å². The molecule has 0 aromatic heterocycles. The van der Waals surface area contributed by atoms with E-state index >= 15 is 0 Å². The molecule has 0 aliphatic heterocycles. The molecule has 1 fully saturated rings. The lowest BCUT2D eigenvalue weighted by molar-refractivity contribution is 0.0950. The van der Waals surface area contributed by atoms with Gasteiger partial charge in [0.05, 0.1) is 15.6 Å². The maximum atomic E-state index is 11.9. The number of hydrogen-bond donors (Lipinski definition) is 2. The Labute approximate surface area is 122 Å². The number of rotatable bonds is 4.